The van der Waals surface area contributed by atoms with E-state index in [0.29, 0.717) is 5.41 Å². The first-order valence-corrected chi connectivity index (χ1v) is 6.47. The van der Waals surface area contributed by atoms with Gasteiger partial charge in [-0.2, -0.15) is 0 Å². The second-order valence-corrected chi connectivity index (χ2v) is 5.79. The predicted molar refractivity (Wildman–Crippen MR) is 66.9 cm³/mol. The van der Waals surface area contributed by atoms with Crippen molar-refractivity contribution in [1.82, 2.24) is 4.90 Å². The molecule has 1 rings (SSSR count). The lowest BCUT2D eigenvalue weighted by Gasteiger charge is -2.34. The van der Waals surface area contributed by atoms with E-state index in [2.05, 4.69) is 25.8 Å². The average Bonchev–Trinajstić information content (AvgIpc) is 2.29. The Morgan fingerprint density at radius 3 is 2.60 bits per heavy atom. The highest BCUT2D eigenvalue weighted by atomic mass is 15.1. The summed E-state index contributed by atoms with van der Waals surface area (Å²) in [6.07, 6.45) is 6.66. The SMILES string of the molecule is CC(C)CC1(CCN)CCCN(C)CC1. The minimum Gasteiger partial charge on any atom is -0.330 e. The summed E-state index contributed by atoms with van der Waals surface area (Å²) in [6.45, 7) is 8.06. The number of rotatable bonds is 4. The van der Waals surface area contributed by atoms with Crippen LogP contribution in [0.2, 0.25) is 0 Å². The molecular formula is C13H28N2. The standard InChI is InChI=1S/C13H28N2/c1-12(2)11-13(6-8-14)5-4-9-15(3)10-7-13/h12H,4-11,14H2,1-3H3. The smallest absolute Gasteiger partial charge is 0.00165 e. The van der Waals surface area contributed by atoms with Gasteiger partial charge in [0.15, 0.2) is 0 Å². The summed E-state index contributed by atoms with van der Waals surface area (Å²) < 4.78 is 0. The van der Waals surface area contributed by atoms with Crippen molar-refractivity contribution in [2.75, 3.05) is 26.7 Å². The number of likely N-dealkylation sites (tertiary alicyclic amines) is 1. The molecular weight excluding hydrogens is 184 g/mol. The second kappa shape index (κ2) is 5.86. The van der Waals surface area contributed by atoms with E-state index in [-0.39, 0.29) is 0 Å². The van der Waals surface area contributed by atoms with Crippen LogP contribution >= 0.6 is 0 Å². The first-order valence-electron chi connectivity index (χ1n) is 6.47. The summed E-state index contributed by atoms with van der Waals surface area (Å²) in [5, 5.41) is 0. The Morgan fingerprint density at radius 2 is 2.00 bits per heavy atom. The number of hydrogen-bond donors (Lipinski definition) is 1. The van der Waals surface area contributed by atoms with Crippen molar-refractivity contribution in [2.24, 2.45) is 17.1 Å². The van der Waals surface area contributed by atoms with Crippen LogP contribution in [0, 0.1) is 11.3 Å². The van der Waals surface area contributed by atoms with Crippen molar-refractivity contribution in [3.8, 4) is 0 Å². The molecule has 0 aromatic rings. The van der Waals surface area contributed by atoms with Crippen LogP contribution in [0.25, 0.3) is 0 Å². The third-order valence-electron chi connectivity index (χ3n) is 3.79. The molecule has 0 bridgehead atoms. The quantitative estimate of drug-likeness (QED) is 0.776. The number of hydrogen-bond acceptors (Lipinski definition) is 2. The summed E-state index contributed by atoms with van der Waals surface area (Å²) in [6, 6.07) is 0. The van der Waals surface area contributed by atoms with Gasteiger partial charge in [-0.05, 0) is 70.1 Å². The Kier molecular flexibility index (Phi) is 5.07. The summed E-state index contributed by atoms with van der Waals surface area (Å²) >= 11 is 0. The Hall–Kier alpha value is -0.0800. The van der Waals surface area contributed by atoms with Gasteiger partial charge in [0.25, 0.3) is 0 Å². The molecule has 0 saturated carbocycles. The molecule has 1 aliphatic heterocycles. The molecule has 1 unspecified atom stereocenters. The predicted octanol–water partition coefficient (Wildman–Crippen LogP) is 2.48. The van der Waals surface area contributed by atoms with Crippen LogP contribution in [-0.4, -0.2) is 31.6 Å². The second-order valence-electron chi connectivity index (χ2n) is 5.79. The molecule has 0 aromatic carbocycles. The Labute approximate surface area is 95.2 Å². The summed E-state index contributed by atoms with van der Waals surface area (Å²) in [7, 11) is 2.24. The van der Waals surface area contributed by atoms with Crippen molar-refractivity contribution < 1.29 is 0 Å². The highest BCUT2D eigenvalue weighted by Gasteiger charge is 2.31. The van der Waals surface area contributed by atoms with Gasteiger partial charge in [-0.15, -0.1) is 0 Å². The molecule has 0 aromatic heterocycles. The minimum absolute atomic E-state index is 0.549. The number of nitrogens with zero attached hydrogens (tertiary/aromatic N) is 1. The lowest BCUT2D eigenvalue weighted by Crippen LogP contribution is -2.28. The van der Waals surface area contributed by atoms with Crippen LogP contribution in [0.5, 0.6) is 0 Å². The number of nitrogens with two attached hydrogens (primary N) is 1. The maximum absolute atomic E-state index is 5.79. The van der Waals surface area contributed by atoms with Crippen LogP contribution in [-0.2, 0) is 0 Å². The van der Waals surface area contributed by atoms with Crippen LogP contribution in [0.15, 0.2) is 0 Å². The molecule has 2 N–H and O–H groups in total. The van der Waals surface area contributed by atoms with Gasteiger partial charge >= 0.3 is 0 Å². The zero-order chi connectivity index (χ0) is 11.3. The molecule has 1 saturated heterocycles. The van der Waals surface area contributed by atoms with Gasteiger partial charge in [0, 0.05) is 0 Å². The lowest BCUT2D eigenvalue weighted by molar-refractivity contribution is 0.179. The van der Waals surface area contributed by atoms with Gasteiger partial charge in [-0.3, -0.25) is 0 Å². The monoisotopic (exact) mass is 212 g/mol. The van der Waals surface area contributed by atoms with E-state index in [1.165, 1.54) is 45.2 Å². The largest absolute Gasteiger partial charge is 0.330 e. The normalized spacial score (nSPS) is 29.4. The molecule has 0 amide bonds. The molecule has 90 valence electrons. The Bertz CT molecular complexity index is 179. The lowest BCUT2D eigenvalue weighted by atomic mass is 9.72. The summed E-state index contributed by atoms with van der Waals surface area (Å²) in [5.41, 5.74) is 6.34. The summed E-state index contributed by atoms with van der Waals surface area (Å²) in [5.74, 6) is 0.806. The summed E-state index contributed by atoms with van der Waals surface area (Å²) in [4.78, 5) is 2.47. The van der Waals surface area contributed by atoms with Crippen molar-refractivity contribution in [3.63, 3.8) is 0 Å². The fourth-order valence-electron chi connectivity index (χ4n) is 3.12. The van der Waals surface area contributed by atoms with E-state index in [0.717, 1.165) is 12.5 Å². The Morgan fingerprint density at radius 1 is 1.27 bits per heavy atom. The third kappa shape index (κ3) is 4.12. The first-order chi connectivity index (χ1) is 7.08. The van der Waals surface area contributed by atoms with Crippen LogP contribution in [0.3, 0.4) is 0 Å². The van der Waals surface area contributed by atoms with E-state index in [4.69, 9.17) is 5.73 Å². The fourth-order valence-corrected chi connectivity index (χ4v) is 3.12. The Balaban J connectivity index is 2.61. The van der Waals surface area contributed by atoms with Crippen LogP contribution in [0.4, 0.5) is 0 Å². The van der Waals surface area contributed by atoms with Gasteiger partial charge in [0.1, 0.15) is 0 Å². The van der Waals surface area contributed by atoms with E-state index in [1.807, 2.05) is 0 Å². The van der Waals surface area contributed by atoms with Gasteiger partial charge in [-0.25, -0.2) is 0 Å². The molecule has 1 heterocycles. The topological polar surface area (TPSA) is 29.3 Å². The van der Waals surface area contributed by atoms with Gasteiger partial charge < -0.3 is 10.6 Å². The van der Waals surface area contributed by atoms with Crippen molar-refractivity contribution in [3.05, 3.63) is 0 Å². The highest BCUT2D eigenvalue weighted by Crippen LogP contribution is 2.40. The molecule has 1 fully saturated rings. The zero-order valence-corrected chi connectivity index (χ0v) is 10.8. The van der Waals surface area contributed by atoms with Crippen molar-refractivity contribution in [2.45, 2.75) is 46.0 Å². The zero-order valence-electron chi connectivity index (χ0n) is 10.8. The van der Waals surface area contributed by atoms with Crippen LogP contribution in [0.1, 0.15) is 46.0 Å². The molecule has 0 radical (unpaired) electrons. The fraction of sp³-hybridized carbons (Fsp3) is 1.00. The van der Waals surface area contributed by atoms with Gasteiger partial charge in [0.2, 0.25) is 0 Å². The molecule has 1 aliphatic rings. The van der Waals surface area contributed by atoms with Gasteiger partial charge in [-0.1, -0.05) is 13.8 Å². The molecule has 1 atom stereocenters. The van der Waals surface area contributed by atoms with E-state index in [1.54, 1.807) is 0 Å². The minimum atomic E-state index is 0.549. The van der Waals surface area contributed by atoms with E-state index >= 15 is 0 Å². The van der Waals surface area contributed by atoms with Crippen LogP contribution < -0.4 is 5.73 Å². The highest BCUT2D eigenvalue weighted by molar-refractivity contribution is 4.84. The average molecular weight is 212 g/mol. The van der Waals surface area contributed by atoms with E-state index in [9.17, 15) is 0 Å². The maximum atomic E-state index is 5.79. The molecule has 0 aliphatic carbocycles. The third-order valence-corrected chi connectivity index (χ3v) is 3.79. The van der Waals surface area contributed by atoms with Gasteiger partial charge in [0.05, 0.1) is 0 Å². The van der Waals surface area contributed by atoms with Crippen molar-refractivity contribution in [1.29, 1.82) is 0 Å². The van der Waals surface area contributed by atoms with E-state index < -0.39 is 0 Å². The first kappa shape index (κ1) is 13.0. The molecule has 2 heteroatoms. The van der Waals surface area contributed by atoms with Crippen molar-refractivity contribution >= 4 is 0 Å². The molecule has 2 nitrogen and oxygen atoms in total. The molecule has 15 heavy (non-hydrogen) atoms. The molecule has 0 spiro atoms. The maximum Gasteiger partial charge on any atom is -0.00165 e.